The summed E-state index contributed by atoms with van der Waals surface area (Å²) in [7, 11) is 1.24. The highest BCUT2D eigenvalue weighted by Crippen LogP contribution is 2.46. The normalized spacial score (nSPS) is 24.4. The number of carbonyl (C=O) groups excluding carboxylic acids is 1. The number of esters is 1. The second-order valence-electron chi connectivity index (χ2n) is 8.32. The number of aliphatic hydroxyl groups is 2. The van der Waals surface area contributed by atoms with Crippen LogP contribution >= 0.6 is 0 Å². The first-order valence-corrected chi connectivity index (χ1v) is 10.7. The van der Waals surface area contributed by atoms with Gasteiger partial charge in [0, 0.05) is 17.7 Å². The maximum atomic E-state index is 12.9. The highest BCUT2D eigenvalue weighted by molar-refractivity contribution is 6.22. The van der Waals surface area contributed by atoms with Crippen LogP contribution in [-0.4, -0.2) is 64.2 Å². The molecular formula is C23H20O13. The number of aromatic hydroxyl groups is 2. The van der Waals surface area contributed by atoms with Crippen molar-refractivity contribution in [2.24, 2.45) is 0 Å². The lowest BCUT2D eigenvalue weighted by atomic mass is 9.99. The summed E-state index contributed by atoms with van der Waals surface area (Å²) in [5.41, 5.74) is -2.66. The van der Waals surface area contributed by atoms with Gasteiger partial charge in [-0.05, 0) is 19.1 Å². The number of hydrogen-bond donors (Lipinski definition) is 4. The molecule has 2 aromatic carbocycles. The van der Waals surface area contributed by atoms with Gasteiger partial charge >= 0.3 is 17.2 Å². The lowest BCUT2D eigenvalue weighted by Crippen LogP contribution is -2.59. The Bertz CT molecular complexity index is 1620. The Hall–Kier alpha value is -4.07. The molecule has 0 spiro atoms. The van der Waals surface area contributed by atoms with Gasteiger partial charge in [-0.2, -0.15) is 0 Å². The molecule has 1 fully saturated rings. The molecule has 3 heterocycles. The van der Waals surface area contributed by atoms with Crippen LogP contribution in [0.15, 0.2) is 30.6 Å². The number of ether oxygens (including phenoxy) is 4. The molecule has 0 saturated carbocycles. The molecule has 13 nitrogen and oxygen atoms in total. The topological polar surface area (TPSA) is 195 Å². The molecule has 190 valence electrons. The molecule has 4 aromatic rings. The van der Waals surface area contributed by atoms with E-state index in [0.717, 1.165) is 13.0 Å². The molecule has 0 aliphatic carbocycles. The second-order valence-corrected chi connectivity index (χ2v) is 8.32. The lowest BCUT2D eigenvalue weighted by molar-refractivity contribution is -0.272. The summed E-state index contributed by atoms with van der Waals surface area (Å²) in [5.74, 6) is -2.61. The van der Waals surface area contributed by atoms with E-state index in [1.54, 1.807) is 0 Å². The van der Waals surface area contributed by atoms with Gasteiger partial charge in [0.15, 0.2) is 34.9 Å². The van der Waals surface area contributed by atoms with Crippen molar-refractivity contribution in [3.05, 3.63) is 33.0 Å². The summed E-state index contributed by atoms with van der Waals surface area (Å²) in [6.07, 6.45) is -7.12. The fourth-order valence-corrected chi connectivity index (χ4v) is 4.37. The lowest BCUT2D eigenvalue weighted by Gasteiger charge is -2.40. The molecule has 0 bridgehead atoms. The van der Waals surface area contributed by atoms with Crippen LogP contribution in [0.5, 0.6) is 23.0 Å². The number of aliphatic hydroxyl groups excluding tert-OH is 2. The summed E-state index contributed by atoms with van der Waals surface area (Å²) in [6, 6.07) is 2.21. The van der Waals surface area contributed by atoms with Crippen molar-refractivity contribution in [3.63, 3.8) is 0 Å². The van der Waals surface area contributed by atoms with E-state index >= 15 is 0 Å². The van der Waals surface area contributed by atoms with E-state index in [9.17, 15) is 34.8 Å². The third-order valence-electron chi connectivity index (χ3n) is 6.05. The van der Waals surface area contributed by atoms with Gasteiger partial charge in [0.05, 0.1) is 24.0 Å². The van der Waals surface area contributed by atoms with Gasteiger partial charge < -0.3 is 48.2 Å². The van der Waals surface area contributed by atoms with Gasteiger partial charge in [0.1, 0.15) is 6.10 Å². The zero-order valence-electron chi connectivity index (χ0n) is 19.0. The van der Waals surface area contributed by atoms with E-state index < -0.39 is 70.8 Å². The van der Waals surface area contributed by atoms with E-state index in [-0.39, 0.29) is 32.9 Å². The van der Waals surface area contributed by atoms with Crippen molar-refractivity contribution >= 4 is 38.7 Å². The van der Waals surface area contributed by atoms with Crippen molar-refractivity contribution in [3.8, 4) is 23.0 Å². The first-order valence-electron chi connectivity index (χ1n) is 10.7. The van der Waals surface area contributed by atoms with Crippen molar-refractivity contribution in [1.29, 1.82) is 0 Å². The first kappa shape index (κ1) is 23.7. The summed E-state index contributed by atoms with van der Waals surface area (Å²) >= 11 is 0. The Morgan fingerprint density at radius 1 is 0.972 bits per heavy atom. The SMILES string of the molecule is COc1cc2c(=O)oc3c(O[C@H]4O[C@@H](C)[C@H](O)[C@@H](OC(C)=O)[C@H]4O)c(O)cc4c(=O)oc(c1O)c2c34. The number of rotatable bonds is 4. The monoisotopic (exact) mass is 504 g/mol. The Morgan fingerprint density at radius 3 is 2.22 bits per heavy atom. The fourth-order valence-electron chi connectivity index (χ4n) is 4.37. The number of carbonyl (C=O) groups is 1. The molecule has 2 aromatic heterocycles. The van der Waals surface area contributed by atoms with Crippen LogP contribution in [0.4, 0.5) is 0 Å². The number of hydrogen-bond acceptors (Lipinski definition) is 13. The maximum Gasteiger partial charge on any atom is 0.344 e. The largest absolute Gasteiger partial charge is 0.504 e. The van der Waals surface area contributed by atoms with Gasteiger partial charge in [0.25, 0.3) is 0 Å². The summed E-state index contributed by atoms with van der Waals surface area (Å²) in [5, 5.41) is 41.9. The van der Waals surface area contributed by atoms with E-state index in [1.807, 2.05) is 0 Å². The minimum Gasteiger partial charge on any atom is -0.504 e. The van der Waals surface area contributed by atoms with Gasteiger partial charge in [-0.25, -0.2) is 9.59 Å². The van der Waals surface area contributed by atoms with Crippen molar-refractivity contribution < 1.29 is 53.0 Å². The van der Waals surface area contributed by atoms with Crippen LogP contribution in [0.2, 0.25) is 0 Å². The second kappa shape index (κ2) is 8.26. The standard InChI is InChI=1S/C23H20O13/c1-6-14(26)20(33-7(2)24)16(28)23(32-6)36-17-10(25)4-8-13-12-9(22(30)35-19(13)17)5-11(31-3)15(27)18(12)34-21(8)29/h4-6,14,16,20,23,25-28H,1-3H3/t6-,14-,16+,20+,23+/m0/s1. The first-order chi connectivity index (χ1) is 17.0. The van der Waals surface area contributed by atoms with Crippen LogP contribution in [0.3, 0.4) is 0 Å². The predicted molar refractivity (Wildman–Crippen MR) is 120 cm³/mol. The Balaban J connectivity index is 1.74. The minimum atomic E-state index is -1.72. The fraction of sp³-hybridized carbons (Fsp3) is 0.348. The van der Waals surface area contributed by atoms with Crippen molar-refractivity contribution in [1.82, 2.24) is 0 Å². The molecule has 36 heavy (non-hydrogen) atoms. The molecule has 5 rings (SSSR count). The molecule has 1 aliphatic rings. The summed E-state index contributed by atoms with van der Waals surface area (Å²) < 4.78 is 31.8. The van der Waals surface area contributed by atoms with Crippen LogP contribution in [-0.2, 0) is 14.3 Å². The van der Waals surface area contributed by atoms with Crippen LogP contribution in [0.1, 0.15) is 13.8 Å². The molecule has 0 unspecified atom stereocenters. The maximum absolute atomic E-state index is 12.9. The quantitative estimate of drug-likeness (QED) is 0.172. The third kappa shape index (κ3) is 3.39. The molecule has 0 radical (unpaired) electrons. The summed E-state index contributed by atoms with van der Waals surface area (Å²) in [4.78, 5) is 37.0. The smallest absolute Gasteiger partial charge is 0.344 e. The minimum absolute atomic E-state index is 0.00527. The molecule has 5 atom stereocenters. The van der Waals surface area contributed by atoms with Gasteiger partial charge in [-0.15, -0.1) is 0 Å². The molecule has 1 aliphatic heterocycles. The van der Waals surface area contributed by atoms with Crippen molar-refractivity contribution in [2.45, 2.75) is 44.6 Å². The van der Waals surface area contributed by atoms with E-state index in [0.29, 0.717) is 0 Å². The van der Waals surface area contributed by atoms with Gasteiger partial charge in [-0.3, -0.25) is 4.79 Å². The number of phenols is 2. The van der Waals surface area contributed by atoms with Gasteiger partial charge in [0.2, 0.25) is 17.8 Å². The molecule has 0 amide bonds. The molecule has 1 saturated heterocycles. The molecule has 4 N–H and O–H groups in total. The van der Waals surface area contributed by atoms with Gasteiger partial charge in [-0.1, -0.05) is 0 Å². The number of benzene rings is 2. The Kier molecular flexibility index (Phi) is 5.43. The highest BCUT2D eigenvalue weighted by Gasteiger charge is 2.46. The van der Waals surface area contributed by atoms with Crippen LogP contribution < -0.4 is 20.7 Å². The van der Waals surface area contributed by atoms with E-state index in [1.165, 1.54) is 20.1 Å². The average Bonchev–Trinajstić information content (AvgIpc) is 2.82. The molecule has 13 heteroatoms. The van der Waals surface area contributed by atoms with E-state index in [2.05, 4.69) is 0 Å². The Labute approximate surface area is 199 Å². The number of phenolic OH excluding ortho intramolecular Hbond substituents is 2. The van der Waals surface area contributed by atoms with Crippen LogP contribution in [0.25, 0.3) is 32.7 Å². The Morgan fingerprint density at radius 2 is 1.58 bits per heavy atom. The highest BCUT2D eigenvalue weighted by atomic mass is 16.7. The third-order valence-corrected chi connectivity index (χ3v) is 6.05. The van der Waals surface area contributed by atoms with E-state index in [4.69, 9.17) is 27.8 Å². The predicted octanol–water partition coefficient (Wildman–Crippen LogP) is 0.687. The zero-order chi connectivity index (χ0) is 26.0. The molecular weight excluding hydrogens is 484 g/mol. The summed E-state index contributed by atoms with van der Waals surface area (Å²) in [6.45, 7) is 2.53. The number of methoxy groups -OCH3 is 1. The zero-order valence-corrected chi connectivity index (χ0v) is 19.0. The van der Waals surface area contributed by atoms with Crippen molar-refractivity contribution in [2.75, 3.05) is 7.11 Å². The van der Waals surface area contributed by atoms with Crippen LogP contribution in [0, 0.1) is 0 Å². The average molecular weight is 504 g/mol.